The van der Waals surface area contributed by atoms with Crippen molar-refractivity contribution in [3.8, 4) is 5.75 Å². The van der Waals surface area contributed by atoms with E-state index in [-0.39, 0.29) is 27.9 Å². The van der Waals surface area contributed by atoms with E-state index < -0.39 is 4.92 Å². The molecule has 7 nitrogen and oxygen atoms in total. The predicted molar refractivity (Wildman–Crippen MR) is 94.3 cm³/mol. The van der Waals surface area contributed by atoms with Crippen LogP contribution in [0.4, 0.5) is 11.4 Å². The van der Waals surface area contributed by atoms with Crippen molar-refractivity contribution >= 4 is 28.9 Å². The van der Waals surface area contributed by atoms with Gasteiger partial charge in [0.15, 0.2) is 0 Å². The van der Waals surface area contributed by atoms with Gasteiger partial charge in [-0.2, -0.15) is 0 Å². The predicted octanol–water partition coefficient (Wildman–Crippen LogP) is 2.92. The van der Waals surface area contributed by atoms with E-state index >= 15 is 0 Å². The molecule has 2 aromatic rings. The van der Waals surface area contributed by atoms with Gasteiger partial charge < -0.3 is 14.9 Å². The van der Waals surface area contributed by atoms with E-state index in [0.29, 0.717) is 26.2 Å². The molecule has 1 amide bonds. The van der Waals surface area contributed by atoms with Crippen LogP contribution in [0.1, 0.15) is 10.4 Å². The summed E-state index contributed by atoms with van der Waals surface area (Å²) in [7, 11) is 0. The van der Waals surface area contributed by atoms with Crippen molar-refractivity contribution in [2.45, 2.75) is 0 Å². The van der Waals surface area contributed by atoms with Gasteiger partial charge in [-0.3, -0.25) is 14.9 Å². The smallest absolute Gasteiger partial charge is 0.270 e. The van der Waals surface area contributed by atoms with E-state index in [2.05, 4.69) is 0 Å². The summed E-state index contributed by atoms with van der Waals surface area (Å²) in [4.78, 5) is 26.5. The lowest BCUT2D eigenvalue weighted by molar-refractivity contribution is -0.384. The van der Waals surface area contributed by atoms with Gasteiger partial charge in [-0.25, -0.2) is 0 Å². The standard InChI is InChI=1S/C17H16ClN3O4/c18-14-11-12(21(24)25)5-6-13(14)17(23)20-9-7-19(8-10-20)15-3-1-2-4-16(15)22/h1-6,11,22H,7-10H2. The lowest BCUT2D eigenvalue weighted by Crippen LogP contribution is -2.48. The molecule has 25 heavy (non-hydrogen) atoms. The molecule has 0 aliphatic carbocycles. The Bertz CT molecular complexity index is 819. The first kappa shape index (κ1) is 17.0. The average molecular weight is 362 g/mol. The van der Waals surface area contributed by atoms with Crippen molar-refractivity contribution < 1.29 is 14.8 Å². The van der Waals surface area contributed by atoms with Gasteiger partial charge in [0.1, 0.15) is 5.75 Å². The first-order valence-corrected chi connectivity index (χ1v) is 8.11. The molecule has 0 aromatic heterocycles. The number of hydrogen-bond acceptors (Lipinski definition) is 5. The zero-order valence-electron chi connectivity index (χ0n) is 13.3. The Morgan fingerprint density at radius 2 is 1.80 bits per heavy atom. The van der Waals surface area contributed by atoms with Crippen LogP contribution in [0.5, 0.6) is 5.75 Å². The normalized spacial score (nSPS) is 14.4. The average Bonchev–Trinajstić information content (AvgIpc) is 2.61. The molecule has 1 aliphatic heterocycles. The molecular formula is C17H16ClN3O4. The lowest BCUT2D eigenvalue weighted by atomic mass is 10.1. The number of hydrogen-bond donors (Lipinski definition) is 1. The van der Waals surface area contributed by atoms with Crippen LogP contribution in [0.3, 0.4) is 0 Å². The summed E-state index contributed by atoms with van der Waals surface area (Å²) in [6.45, 7) is 2.10. The summed E-state index contributed by atoms with van der Waals surface area (Å²) >= 11 is 6.04. The van der Waals surface area contributed by atoms with Crippen LogP contribution in [-0.4, -0.2) is 47.0 Å². The molecule has 1 N–H and O–H groups in total. The molecule has 0 spiro atoms. The fourth-order valence-electron chi connectivity index (χ4n) is 2.84. The molecule has 8 heteroatoms. The number of nitrogens with zero attached hydrogens (tertiary/aromatic N) is 3. The quantitative estimate of drug-likeness (QED) is 0.671. The number of aromatic hydroxyl groups is 1. The van der Waals surface area contributed by atoms with Gasteiger partial charge >= 0.3 is 0 Å². The monoisotopic (exact) mass is 361 g/mol. The third-order valence-corrected chi connectivity index (χ3v) is 4.50. The Labute approximate surface area is 149 Å². The molecule has 0 atom stereocenters. The van der Waals surface area contributed by atoms with Crippen molar-refractivity contribution in [1.82, 2.24) is 4.90 Å². The van der Waals surface area contributed by atoms with Crippen molar-refractivity contribution in [3.63, 3.8) is 0 Å². The fraction of sp³-hybridized carbons (Fsp3) is 0.235. The van der Waals surface area contributed by atoms with Gasteiger partial charge in [0.25, 0.3) is 11.6 Å². The lowest BCUT2D eigenvalue weighted by Gasteiger charge is -2.36. The highest BCUT2D eigenvalue weighted by Crippen LogP contribution is 2.28. The number of anilines is 1. The highest BCUT2D eigenvalue weighted by molar-refractivity contribution is 6.34. The van der Waals surface area contributed by atoms with Crippen molar-refractivity contribution in [1.29, 1.82) is 0 Å². The van der Waals surface area contributed by atoms with Gasteiger partial charge in [-0.15, -0.1) is 0 Å². The van der Waals surface area contributed by atoms with Crippen LogP contribution in [0.2, 0.25) is 5.02 Å². The van der Waals surface area contributed by atoms with Crippen LogP contribution in [0.25, 0.3) is 0 Å². The largest absolute Gasteiger partial charge is 0.506 e. The van der Waals surface area contributed by atoms with Gasteiger partial charge in [-0.1, -0.05) is 23.7 Å². The highest BCUT2D eigenvalue weighted by Gasteiger charge is 2.25. The summed E-state index contributed by atoms with van der Waals surface area (Å²) < 4.78 is 0. The number of amides is 1. The van der Waals surface area contributed by atoms with Gasteiger partial charge in [-0.05, 0) is 18.2 Å². The Balaban J connectivity index is 1.70. The molecule has 0 bridgehead atoms. The van der Waals surface area contributed by atoms with Gasteiger partial charge in [0.05, 0.1) is 21.2 Å². The molecular weight excluding hydrogens is 346 g/mol. The maximum atomic E-state index is 12.6. The number of benzene rings is 2. The van der Waals surface area contributed by atoms with E-state index in [1.165, 1.54) is 18.2 Å². The third kappa shape index (κ3) is 3.51. The van der Waals surface area contributed by atoms with Crippen LogP contribution in [-0.2, 0) is 0 Å². The molecule has 1 aliphatic rings. The Morgan fingerprint density at radius 1 is 1.12 bits per heavy atom. The molecule has 0 radical (unpaired) electrons. The van der Waals surface area contributed by atoms with E-state index in [1.807, 2.05) is 17.0 Å². The van der Waals surface area contributed by atoms with E-state index in [0.717, 1.165) is 5.69 Å². The number of nitro groups is 1. The zero-order chi connectivity index (χ0) is 18.0. The number of non-ortho nitro benzene ring substituents is 1. The first-order valence-electron chi connectivity index (χ1n) is 7.73. The number of carbonyl (C=O) groups is 1. The zero-order valence-corrected chi connectivity index (χ0v) is 14.0. The first-order chi connectivity index (χ1) is 12.0. The SMILES string of the molecule is O=C(c1ccc([N+](=O)[O-])cc1Cl)N1CCN(c2ccccc2O)CC1. The fourth-order valence-corrected chi connectivity index (χ4v) is 3.10. The molecule has 0 unspecified atom stereocenters. The second-order valence-electron chi connectivity index (χ2n) is 5.69. The Hall–Kier alpha value is -2.80. The molecule has 2 aromatic carbocycles. The van der Waals surface area contributed by atoms with Crippen molar-refractivity contribution in [3.05, 3.63) is 63.2 Å². The van der Waals surface area contributed by atoms with Gasteiger partial charge in [0, 0.05) is 38.3 Å². The van der Waals surface area contributed by atoms with Crippen LogP contribution in [0.15, 0.2) is 42.5 Å². The molecule has 0 saturated carbocycles. The molecule has 3 rings (SSSR count). The number of piperazine rings is 1. The molecule has 1 heterocycles. The minimum Gasteiger partial charge on any atom is -0.506 e. The number of phenolic OH excluding ortho intramolecular Hbond substituents is 1. The number of carbonyl (C=O) groups excluding carboxylic acids is 1. The van der Waals surface area contributed by atoms with Crippen LogP contribution >= 0.6 is 11.6 Å². The minimum absolute atomic E-state index is 0.0716. The second kappa shape index (κ2) is 6.98. The second-order valence-corrected chi connectivity index (χ2v) is 6.10. The van der Waals surface area contributed by atoms with Crippen molar-refractivity contribution in [2.75, 3.05) is 31.1 Å². The third-order valence-electron chi connectivity index (χ3n) is 4.18. The topological polar surface area (TPSA) is 86.9 Å². The highest BCUT2D eigenvalue weighted by atomic mass is 35.5. The summed E-state index contributed by atoms with van der Waals surface area (Å²) in [5.74, 6) is -0.0440. The number of nitro benzene ring substituents is 1. The summed E-state index contributed by atoms with van der Waals surface area (Å²) in [6, 6.07) is 10.9. The number of para-hydroxylation sites is 2. The maximum absolute atomic E-state index is 12.6. The minimum atomic E-state index is -0.550. The Kier molecular flexibility index (Phi) is 4.76. The van der Waals surface area contributed by atoms with E-state index in [4.69, 9.17) is 11.6 Å². The van der Waals surface area contributed by atoms with E-state index in [9.17, 15) is 20.0 Å². The van der Waals surface area contributed by atoms with Gasteiger partial charge in [0.2, 0.25) is 0 Å². The van der Waals surface area contributed by atoms with Crippen LogP contribution < -0.4 is 4.90 Å². The van der Waals surface area contributed by atoms with Crippen LogP contribution in [0, 0.1) is 10.1 Å². The maximum Gasteiger partial charge on any atom is 0.270 e. The van der Waals surface area contributed by atoms with Crippen molar-refractivity contribution in [2.24, 2.45) is 0 Å². The number of phenols is 1. The number of halogens is 1. The Morgan fingerprint density at radius 3 is 2.40 bits per heavy atom. The molecule has 1 saturated heterocycles. The summed E-state index contributed by atoms with van der Waals surface area (Å²) in [5.41, 5.74) is 0.845. The molecule has 130 valence electrons. The molecule has 1 fully saturated rings. The summed E-state index contributed by atoms with van der Waals surface area (Å²) in [5, 5.41) is 20.8. The van der Waals surface area contributed by atoms with E-state index in [1.54, 1.807) is 17.0 Å². The summed E-state index contributed by atoms with van der Waals surface area (Å²) in [6.07, 6.45) is 0. The number of rotatable bonds is 3.